The first-order valence-electron chi connectivity index (χ1n) is 7.81. The Hall–Kier alpha value is -0.930. The molecule has 1 aliphatic rings. The maximum Gasteiger partial charge on any atom is 0.490 e. The molecule has 0 aromatic carbocycles. The Morgan fingerprint density at radius 2 is 1.87 bits per heavy atom. The van der Waals surface area contributed by atoms with Crippen molar-refractivity contribution in [3.8, 4) is 0 Å². The fourth-order valence-corrected chi connectivity index (χ4v) is 6.12. The Balaban J connectivity index is 1.63. The van der Waals surface area contributed by atoms with Gasteiger partial charge in [0.2, 0.25) is 0 Å². The van der Waals surface area contributed by atoms with Crippen molar-refractivity contribution in [2.75, 3.05) is 12.3 Å². The topological polar surface area (TPSA) is 239 Å². The number of nitrogen functional groups attached to an aromatic ring is 1. The van der Waals surface area contributed by atoms with Crippen molar-refractivity contribution < 1.29 is 51.2 Å². The minimum absolute atomic E-state index is 0.164. The van der Waals surface area contributed by atoms with E-state index in [2.05, 4.69) is 40.7 Å². The van der Waals surface area contributed by atoms with E-state index in [1.807, 2.05) is 0 Å². The Kier molecular flexibility index (Phi) is 6.76. The number of hydrogen-bond acceptors (Lipinski definition) is 12. The average Bonchev–Trinajstić information content (AvgIpc) is 3.13. The number of hydrogen-bond donors (Lipinski definition) is 6. The fraction of sp³-hybridized carbons (Fsp3) is 0.500. The van der Waals surface area contributed by atoms with E-state index < -0.39 is 47.7 Å². The number of anilines is 1. The van der Waals surface area contributed by atoms with Gasteiger partial charge < -0.3 is 30.0 Å². The summed E-state index contributed by atoms with van der Waals surface area (Å²) in [4.78, 5) is 47.7. The second kappa shape index (κ2) is 8.54. The Morgan fingerprint density at radius 3 is 2.53 bits per heavy atom. The highest BCUT2D eigenvalue weighted by Gasteiger charge is 2.42. The van der Waals surface area contributed by atoms with E-state index in [9.17, 15) is 18.6 Å². The highest BCUT2D eigenvalue weighted by Crippen LogP contribution is 2.66. The molecule has 0 saturated carbocycles. The molecule has 30 heavy (non-hydrogen) atoms. The Morgan fingerprint density at radius 1 is 1.17 bits per heavy atom. The van der Waals surface area contributed by atoms with Crippen molar-refractivity contribution in [1.29, 1.82) is 0 Å². The van der Waals surface area contributed by atoms with Crippen LogP contribution in [0, 0.1) is 0 Å². The molecule has 0 radical (unpaired) electrons. The van der Waals surface area contributed by atoms with E-state index in [1.54, 1.807) is 0 Å². The molecule has 2 unspecified atom stereocenters. The standard InChI is InChI=1S/C10H16N5O11P3S/c11-8-7-9(13-3-12-8)15(4-14-7)10-6(30)1-5(24-10)2-23-28(19,20)26-29(21,22)25-27(16,17)18/h3-6,10,30H,1-2H2,(H,19,20)(H,21,22)(H2,11,12,13)(H2,16,17,18)/t5-,6+,10+/m0/s1. The molecule has 3 rings (SSSR count). The summed E-state index contributed by atoms with van der Waals surface area (Å²) in [5.74, 6) is 0.164. The lowest BCUT2D eigenvalue weighted by Crippen LogP contribution is -2.17. The lowest BCUT2D eigenvalue weighted by molar-refractivity contribution is -0.0193. The van der Waals surface area contributed by atoms with Gasteiger partial charge in [0.1, 0.15) is 18.1 Å². The van der Waals surface area contributed by atoms with Crippen LogP contribution in [0.15, 0.2) is 12.7 Å². The molecular weight excluding hydrogens is 491 g/mol. The van der Waals surface area contributed by atoms with Crippen LogP contribution in [0.5, 0.6) is 0 Å². The molecule has 0 spiro atoms. The Labute approximate surface area is 173 Å². The van der Waals surface area contributed by atoms with Crippen molar-refractivity contribution in [3.63, 3.8) is 0 Å². The van der Waals surface area contributed by atoms with Gasteiger partial charge in [-0.05, 0) is 6.42 Å². The number of nitrogens with zero attached hydrogens (tertiary/aromatic N) is 4. The monoisotopic (exact) mass is 507 g/mol. The molecule has 3 heterocycles. The third kappa shape index (κ3) is 5.85. The van der Waals surface area contributed by atoms with Crippen LogP contribution in [0.1, 0.15) is 12.6 Å². The number of nitrogens with two attached hydrogens (primary N) is 1. The molecule has 2 aromatic rings. The molecule has 20 heteroatoms. The maximum atomic E-state index is 11.8. The van der Waals surface area contributed by atoms with Crippen LogP contribution in [-0.2, 0) is 31.6 Å². The van der Waals surface area contributed by atoms with E-state index in [-0.39, 0.29) is 12.2 Å². The van der Waals surface area contributed by atoms with Crippen LogP contribution in [0.2, 0.25) is 0 Å². The lowest BCUT2D eigenvalue weighted by Gasteiger charge is -2.19. The van der Waals surface area contributed by atoms with Gasteiger partial charge in [0.25, 0.3) is 0 Å². The molecule has 168 valence electrons. The summed E-state index contributed by atoms with van der Waals surface area (Å²) >= 11 is 4.41. The number of fused-ring (bicyclic) bond motifs is 1. The van der Waals surface area contributed by atoms with Gasteiger partial charge in [0.05, 0.1) is 19.0 Å². The molecule has 5 atom stereocenters. The van der Waals surface area contributed by atoms with Crippen molar-refractivity contribution in [2.24, 2.45) is 0 Å². The third-order valence-electron chi connectivity index (χ3n) is 3.67. The molecule has 0 amide bonds. The van der Waals surface area contributed by atoms with Crippen molar-refractivity contribution in [1.82, 2.24) is 19.5 Å². The summed E-state index contributed by atoms with van der Waals surface area (Å²) < 4.78 is 52.9. The molecule has 2 aromatic heterocycles. The Bertz CT molecular complexity index is 1080. The molecule has 1 fully saturated rings. The third-order valence-corrected chi connectivity index (χ3v) is 7.93. The summed E-state index contributed by atoms with van der Waals surface area (Å²) in [7, 11) is -16.3. The predicted molar refractivity (Wildman–Crippen MR) is 101 cm³/mol. The van der Waals surface area contributed by atoms with Gasteiger partial charge >= 0.3 is 23.5 Å². The first-order chi connectivity index (χ1) is 13.8. The zero-order valence-corrected chi connectivity index (χ0v) is 18.2. The fourth-order valence-electron chi connectivity index (χ4n) is 2.62. The van der Waals surface area contributed by atoms with Crippen LogP contribution in [0.4, 0.5) is 5.82 Å². The molecule has 16 nitrogen and oxygen atoms in total. The lowest BCUT2D eigenvalue weighted by atomic mass is 10.2. The summed E-state index contributed by atoms with van der Waals surface area (Å²) in [6.07, 6.45) is 1.37. The van der Waals surface area contributed by atoms with Gasteiger partial charge in [-0.1, -0.05) is 0 Å². The van der Waals surface area contributed by atoms with E-state index >= 15 is 0 Å². The molecule has 0 aliphatic carbocycles. The quantitative estimate of drug-likeness (QED) is 0.208. The molecule has 0 bridgehead atoms. The summed E-state index contributed by atoms with van der Waals surface area (Å²) in [5, 5.41) is -0.423. The van der Waals surface area contributed by atoms with Crippen LogP contribution < -0.4 is 5.73 Å². The summed E-state index contributed by atoms with van der Waals surface area (Å²) in [6, 6.07) is 0. The second-order valence-corrected chi connectivity index (χ2v) is 11.0. The van der Waals surface area contributed by atoms with Gasteiger partial charge in [0, 0.05) is 5.25 Å². The summed E-state index contributed by atoms with van der Waals surface area (Å²) in [5.41, 5.74) is 6.45. The van der Waals surface area contributed by atoms with Crippen LogP contribution in [0.25, 0.3) is 11.2 Å². The van der Waals surface area contributed by atoms with Crippen molar-refractivity contribution >= 4 is 53.1 Å². The van der Waals surface area contributed by atoms with E-state index in [1.165, 1.54) is 17.2 Å². The van der Waals surface area contributed by atoms with Gasteiger partial charge in [-0.25, -0.2) is 28.6 Å². The number of phosphoric acid groups is 3. The number of imidazole rings is 1. The van der Waals surface area contributed by atoms with E-state index in [4.69, 9.17) is 25.2 Å². The average molecular weight is 507 g/mol. The minimum atomic E-state index is -5.59. The smallest absolute Gasteiger partial charge is 0.382 e. The highest BCUT2D eigenvalue weighted by molar-refractivity contribution is 7.81. The van der Waals surface area contributed by atoms with Gasteiger partial charge in [-0.2, -0.15) is 21.3 Å². The highest BCUT2D eigenvalue weighted by atomic mass is 32.1. The van der Waals surface area contributed by atoms with E-state index in [0.717, 1.165) is 0 Å². The summed E-state index contributed by atoms with van der Waals surface area (Å²) in [6.45, 7) is -0.582. The second-order valence-electron chi connectivity index (χ2n) is 5.92. The SMILES string of the molecule is Nc1ncnc2c1ncn2[C@@H]1O[C@H](COP(=O)(O)OP(=O)(O)OP(=O)(O)O)C[C@H]1S. The van der Waals surface area contributed by atoms with Gasteiger partial charge in [-0.15, -0.1) is 0 Å². The number of thiol groups is 1. The number of ether oxygens (including phenoxy) is 1. The first kappa shape index (κ1) is 23.7. The number of phosphoric ester groups is 1. The van der Waals surface area contributed by atoms with Gasteiger partial charge in [0.15, 0.2) is 11.5 Å². The zero-order valence-electron chi connectivity index (χ0n) is 14.6. The first-order valence-corrected chi connectivity index (χ1v) is 12.8. The maximum absolute atomic E-state index is 11.8. The van der Waals surface area contributed by atoms with Gasteiger partial charge in [-0.3, -0.25) is 9.09 Å². The van der Waals surface area contributed by atoms with Crippen LogP contribution in [0.3, 0.4) is 0 Å². The van der Waals surface area contributed by atoms with Crippen LogP contribution >= 0.6 is 36.1 Å². The molecular formula is C10H16N5O11P3S. The largest absolute Gasteiger partial charge is 0.490 e. The van der Waals surface area contributed by atoms with Crippen molar-refractivity contribution in [3.05, 3.63) is 12.7 Å². The number of aromatic nitrogens is 4. The van der Waals surface area contributed by atoms with Crippen LogP contribution in [-0.4, -0.2) is 57.1 Å². The van der Waals surface area contributed by atoms with E-state index in [0.29, 0.717) is 11.2 Å². The molecule has 1 aliphatic heterocycles. The van der Waals surface area contributed by atoms with Crippen molar-refractivity contribution in [2.45, 2.75) is 24.0 Å². The minimum Gasteiger partial charge on any atom is -0.382 e. The normalized spacial score (nSPS) is 26.5. The predicted octanol–water partition coefficient (Wildman–Crippen LogP) is 0.338. The number of rotatable bonds is 8. The zero-order chi connectivity index (χ0) is 22.3. The molecule has 6 N–H and O–H groups in total. The molecule has 1 saturated heterocycles.